The lowest BCUT2D eigenvalue weighted by molar-refractivity contribution is -0.348. The number of nitrogens with one attached hydrogen (secondary N) is 1. The highest BCUT2D eigenvalue weighted by atomic mass is 79.9. The van der Waals surface area contributed by atoms with E-state index in [9.17, 15) is 57.9 Å². The van der Waals surface area contributed by atoms with E-state index in [-0.39, 0.29) is 11.6 Å². The summed E-state index contributed by atoms with van der Waals surface area (Å²) in [6.45, 7) is -0.646. The predicted octanol–water partition coefficient (Wildman–Crippen LogP) is 7.96. The molecule has 3 rings (SSSR count). The van der Waals surface area contributed by atoms with Crippen LogP contribution in [0.5, 0.6) is 0 Å². The number of hydrogen-bond donors (Lipinski definition) is 1. The van der Waals surface area contributed by atoms with Crippen molar-refractivity contribution < 1.29 is 62.3 Å². The number of benzene rings is 2. The zero-order valence-electron chi connectivity index (χ0n) is 21.0. The molecule has 0 saturated carbocycles. The third-order valence-corrected chi connectivity index (χ3v) is 6.42. The van der Waals surface area contributed by atoms with E-state index in [4.69, 9.17) is 6.42 Å². The fraction of sp³-hybridized carbons (Fsp3) is 0.192. The van der Waals surface area contributed by atoms with E-state index >= 15 is 4.39 Å². The smallest absolute Gasteiger partial charge is 0.320 e. The van der Waals surface area contributed by atoms with Crippen LogP contribution in [0.3, 0.4) is 0 Å². The van der Waals surface area contributed by atoms with Crippen LogP contribution in [0.1, 0.15) is 31.8 Å². The van der Waals surface area contributed by atoms with Crippen molar-refractivity contribution in [3.63, 3.8) is 0 Å². The van der Waals surface area contributed by atoms with Crippen LogP contribution >= 0.6 is 15.9 Å². The maximum Gasteiger partial charge on any atom is 0.435 e. The molecule has 1 aromatic heterocycles. The van der Waals surface area contributed by atoms with Gasteiger partial charge in [-0.1, -0.05) is 12.0 Å². The summed E-state index contributed by atoms with van der Waals surface area (Å²) in [5.41, 5.74) is -14.7. The van der Waals surface area contributed by atoms with Gasteiger partial charge in [-0.3, -0.25) is 14.5 Å². The number of halogens is 13. The van der Waals surface area contributed by atoms with Crippen LogP contribution in [-0.2, 0) is 11.8 Å². The maximum absolute atomic E-state index is 15.5. The highest BCUT2D eigenvalue weighted by Gasteiger charge is 2.73. The molecule has 0 saturated heterocycles. The van der Waals surface area contributed by atoms with Gasteiger partial charge in [-0.15, -0.1) is 6.42 Å². The summed E-state index contributed by atoms with van der Waals surface area (Å²) in [5.74, 6) is -3.26. The van der Waals surface area contributed by atoms with E-state index < -0.39 is 92.9 Å². The topological polar surface area (TPSA) is 62.3 Å². The second-order valence-electron chi connectivity index (χ2n) is 8.59. The zero-order chi connectivity index (χ0) is 33.4. The van der Waals surface area contributed by atoms with Crippen LogP contribution < -0.4 is 10.2 Å². The van der Waals surface area contributed by atoms with E-state index in [1.165, 1.54) is 5.32 Å². The normalized spacial score (nSPS) is 12.5. The van der Waals surface area contributed by atoms with Gasteiger partial charge in [0, 0.05) is 16.2 Å². The van der Waals surface area contributed by atoms with Crippen molar-refractivity contribution in [3.05, 3.63) is 87.2 Å². The quantitative estimate of drug-likeness (QED) is 0.161. The molecule has 0 spiro atoms. The summed E-state index contributed by atoms with van der Waals surface area (Å²) in [5, 5.41) is 1.54. The molecule has 3 aromatic rings. The number of hydrogen-bond acceptors (Lipinski definition) is 3. The molecule has 0 fully saturated rings. The van der Waals surface area contributed by atoms with Gasteiger partial charge < -0.3 is 5.32 Å². The lowest BCUT2D eigenvalue weighted by Gasteiger charge is -2.31. The van der Waals surface area contributed by atoms with Gasteiger partial charge in [0.1, 0.15) is 0 Å². The van der Waals surface area contributed by atoms with E-state index in [2.05, 4.69) is 20.9 Å². The number of carbonyl (C=O) groups is 2. The first kappa shape index (κ1) is 34.2. The maximum atomic E-state index is 15.5. The van der Waals surface area contributed by atoms with E-state index in [1.807, 2.05) is 5.92 Å². The van der Waals surface area contributed by atoms with Crippen molar-refractivity contribution in [2.75, 3.05) is 16.8 Å². The second-order valence-corrected chi connectivity index (χ2v) is 9.44. The number of anilines is 2. The van der Waals surface area contributed by atoms with Crippen LogP contribution in [-0.4, -0.2) is 35.7 Å². The molecule has 0 radical (unpaired) electrons. The van der Waals surface area contributed by atoms with Gasteiger partial charge in [0.25, 0.3) is 11.8 Å². The van der Waals surface area contributed by atoms with Crippen LogP contribution in [0.25, 0.3) is 0 Å². The number of rotatable bonds is 6. The summed E-state index contributed by atoms with van der Waals surface area (Å²) in [6, 6.07) is 3.28. The highest BCUT2D eigenvalue weighted by Crippen LogP contribution is 2.55. The Morgan fingerprint density at radius 1 is 0.932 bits per heavy atom. The molecule has 2 aromatic carbocycles. The Kier molecular flexibility index (Phi) is 9.35. The van der Waals surface area contributed by atoms with Gasteiger partial charge in [0.05, 0.1) is 34.6 Å². The summed E-state index contributed by atoms with van der Waals surface area (Å²) < 4.78 is 163. The molecule has 0 atom stereocenters. The third-order valence-electron chi connectivity index (χ3n) is 5.80. The average molecular weight is 706 g/mol. The predicted molar refractivity (Wildman–Crippen MR) is 133 cm³/mol. The van der Waals surface area contributed by atoms with Crippen LogP contribution in [0.4, 0.5) is 64.1 Å². The number of amides is 2. The molecule has 44 heavy (non-hydrogen) atoms. The minimum atomic E-state index is -6.76. The van der Waals surface area contributed by atoms with Gasteiger partial charge in [-0.05, 0) is 52.3 Å². The largest absolute Gasteiger partial charge is 0.435 e. The number of nitrogens with zero attached hydrogens (tertiary/aromatic N) is 2. The van der Waals surface area contributed by atoms with Crippen molar-refractivity contribution in [1.82, 2.24) is 4.98 Å². The Morgan fingerprint density at radius 2 is 1.55 bits per heavy atom. The van der Waals surface area contributed by atoms with Crippen molar-refractivity contribution in [3.8, 4) is 12.3 Å². The Morgan fingerprint density at radius 3 is 2.05 bits per heavy atom. The third kappa shape index (κ3) is 6.47. The number of carbonyl (C=O) groups excluding carboxylic acids is 2. The molecular weight excluding hydrogens is 694 g/mol. The molecule has 0 aliphatic rings. The van der Waals surface area contributed by atoms with Gasteiger partial charge >= 0.3 is 24.2 Å². The summed E-state index contributed by atoms with van der Waals surface area (Å²) in [7, 11) is 0. The van der Waals surface area contributed by atoms with Crippen molar-refractivity contribution in [1.29, 1.82) is 0 Å². The lowest BCUT2D eigenvalue weighted by atomic mass is 9.92. The molecule has 18 heteroatoms. The van der Waals surface area contributed by atoms with Gasteiger partial charge in [0.15, 0.2) is 5.82 Å². The zero-order valence-corrected chi connectivity index (χ0v) is 22.6. The summed E-state index contributed by atoms with van der Waals surface area (Å²) in [6.07, 6.45) is -13.3. The Bertz CT molecular complexity index is 1610. The molecule has 1 N–H and O–H groups in total. The summed E-state index contributed by atoms with van der Waals surface area (Å²) in [4.78, 5) is 29.7. The highest BCUT2D eigenvalue weighted by molar-refractivity contribution is 9.10. The minimum Gasteiger partial charge on any atom is -0.320 e. The van der Waals surface area contributed by atoms with Crippen molar-refractivity contribution in [2.45, 2.75) is 24.2 Å². The average Bonchev–Trinajstić information content (AvgIpc) is 2.90. The second kappa shape index (κ2) is 12.0. The molecule has 0 bridgehead atoms. The Balaban J connectivity index is 2.12. The molecule has 2 amide bonds. The number of alkyl halides is 10. The van der Waals surface area contributed by atoms with Crippen molar-refractivity contribution in [2.24, 2.45) is 0 Å². The Labute approximate surface area is 247 Å². The molecule has 0 aliphatic carbocycles. The van der Waals surface area contributed by atoms with E-state index in [0.717, 1.165) is 30.5 Å². The van der Waals surface area contributed by atoms with Crippen LogP contribution in [0.15, 0.2) is 53.1 Å². The fourth-order valence-electron chi connectivity index (χ4n) is 3.74. The molecule has 0 unspecified atom stereocenters. The monoisotopic (exact) mass is 705 g/mol. The van der Waals surface area contributed by atoms with Gasteiger partial charge in [-0.25, -0.2) is 13.8 Å². The fourth-order valence-corrected chi connectivity index (χ4v) is 4.30. The minimum absolute atomic E-state index is 0.275. The standard InChI is InChI=1S/C26H12BrF12N3O2/c1-2-8-42(22(44)12-6-7-18(28)40-11-12)17-5-3-4-14(19(17)29)21(43)41-20-15(24(31,32)33)9-13(10-16(20)27)23(30,25(34,35)36)26(37,38)39/h1,3-7,9-11H,8H2,(H,41,43). The molecule has 1 heterocycles. The number of aromatic nitrogens is 1. The number of terminal acetylenes is 1. The first-order chi connectivity index (χ1) is 20.1. The van der Waals surface area contributed by atoms with E-state index in [1.54, 1.807) is 0 Å². The van der Waals surface area contributed by atoms with Gasteiger partial charge in [0.2, 0.25) is 5.95 Å². The molecule has 234 valence electrons. The number of pyridine rings is 1. The molecular formula is C26H12BrF12N3O2. The van der Waals surface area contributed by atoms with Crippen LogP contribution in [0, 0.1) is 24.1 Å². The van der Waals surface area contributed by atoms with Crippen LogP contribution in [0.2, 0.25) is 0 Å². The van der Waals surface area contributed by atoms with Crippen molar-refractivity contribution >= 4 is 39.1 Å². The first-order valence-electron chi connectivity index (χ1n) is 11.4. The Hall–Kier alpha value is -4.27. The molecule has 5 nitrogen and oxygen atoms in total. The molecule has 0 aliphatic heterocycles. The lowest BCUT2D eigenvalue weighted by Crippen LogP contribution is -2.50. The first-order valence-corrected chi connectivity index (χ1v) is 12.1. The summed E-state index contributed by atoms with van der Waals surface area (Å²) >= 11 is 2.33. The van der Waals surface area contributed by atoms with Gasteiger partial charge in [-0.2, -0.15) is 43.9 Å². The van der Waals surface area contributed by atoms with E-state index in [0.29, 0.717) is 11.0 Å². The SMILES string of the molecule is C#CCN(C(=O)c1ccc(F)nc1)c1cccc(C(=O)Nc2c(Br)cc(C(F)(C(F)(F)F)C(F)(F)F)cc2C(F)(F)F)c1F.